The number of ether oxygens (including phenoxy) is 1. The van der Waals surface area contributed by atoms with E-state index < -0.39 is 0 Å². The molecule has 2 fully saturated rings. The van der Waals surface area contributed by atoms with Gasteiger partial charge in [0.2, 0.25) is 0 Å². The predicted molar refractivity (Wildman–Crippen MR) is 125 cm³/mol. The van der Waals surface area contributed by atoms with Crippen LogP contribution >= 0.6 is 0 Å². The van der Waals surface area contributed by atoms with Crippen LogP contribution in [0, 0.1) is 11.8 Å². The topological polar surface area (TPSA) is 22.1 Å². The van der Waals surface area contributed by atoms with Crippen molar-refractivity contribution in [2.45, 2.75) is 37.7 Å². The van der Waals surface area contributed by atoms with Crippen molar-refractivity contribution in [3.05, 3.63) is 108 Å². The monoisotopic (exact) mass is 405 g/mol. The first-order chi connectivity index (χ1) is 15.3. The van der Waals surface area contributed by atoms with Gasteiger partial charge in [0.05, 0.1) is 11.2 Å². The molecule has 2 aliphatic carbocycles. The molecule has 31 heavy (non-hydrogen) atoms. The summed E-state index contributed by atoms with van der Waals surface area (Å²) in [6.45, 7) is 0.485. The zero-order valence-electron chi connectivity index (χ0n) is 17.7. The first kappa shape index (κ1) is 18.6. The molecule has 2 bridgehead atoms. The standard InChI is InChI=1S/C29H27NO/c1-2-8-23(9-3-1)29(19-21-13-15-25(29)17-21)24-10-6-11-27(18-24)31-20-26-16-14-22-7-4-5-12-28(22)30-26/h1-12,14,16,18,21,25H,13,15,17,19-20H2. The molecule has 0 aliphatic heterocycles. The Hall–Kier alpha value is -3.13. The summed E-state index contributed by atoms with van der Waals surface area (Å²) in [5.41, 5.74) is 4.99. The Morgan fingerprint density at radius 2 is 1.65 bits per heavy atom. The van der Waals surface area contributed by atoms with Gasteiger partial charge < -0.3 is 4.74 Å². The summed E-state index contributed by atoms with van der Waals surface area (Å²) in [5.74, 6) is 2.53. The van der Waals surface area contributed by atoms with E-state index in [1.807, 2.05) is 12.1 Å². The van der Waals surface area contributed by atoms with Gasteiger partial charge >= 0.3 is 0 Å². The second-order valence-electron chi connectivity index (χ2n) is 9.23. The molecule has 2 aliphatic rings. The summed E-state index contributed by atoms with van der Waals surface area (Å²) in [6.07, 6.45) is 5.35. The highest BCUT2D eigenvalue weighted by atomic mass is 16.5. The van der Waals surface area contributed by atoms with E-state index in [0.29, 0.717) is 6.61 Å². The van der Waals surface area contributed by atoms with Gasteiger partial charge in [-0.05, 0) is 66.5 Å². The molecular formula is C29H27NO. The third-order valence-electron chi connectivity index (χ3n) is 7.53. The van der Waals surface area contributed by atoms with Crippen LogP contribution in [0.2, 0.25) is 0 Å². The van der Waals surface area contributed by atoms with E-state index in [9.17, 15) is 0 Å². The number of pyridine rings is 1. The van der Waals surface area contributed by atoms with Gasteiger partial charge in [-0.25, -0.2) is 4.98 Å². The Morgan fingerprint density at radius 3 is 2.48 bits per heavy atom. The third kappa shape index (κ3) is 3.22. The van der Waals surface area contributed by atoms with Crippen molar-refractivity contribution in [3.8, 4) is 5.75 Å². The Labute approximate surface area is 183 Å². The molecule has 3 unspecified atom stereocenters. The minimum Gasteiger partial charge on any atom is -0.487 e. The van der Waals surface area contributed by atoms with Crippen LogP contribution in [0.15, 0.2) is 91.0 Å². The van der Waals surface area contributed by atoms with Gasteiger partial charge in [0.1, 0.15) is 12.4 Å². The maximum absolute atomic E-state index is 6.24. The summed E-state index contributed by atoms with van der Waals surface area (Å²) in [6, 6.07) is 32.4. The van der Waals surface area contributed by atoms with Crippen molar-refractivity contribution in [2.75, 3.05) is 0 Å². The zero-order valence-corrected chi connectivity index (χ0v) is 17.7. The maximum atomic E-state index is 6.24. The van der Waals surface area contributed by atoms with Crippen molar-refractivity contribution >= 4 is 10.9 Å². The zero-order chi connectivity index (χ0) is 20.7. The van der Waals surface area contributed by atoms with Crippen molar-refractivity contribution in [3.63, 3.8) is 0 Å². The number of benzene rings is 3. The number of para-hydroxylation sites is 1. The summed E-state index contributed by atoms with van der Waals surface area (Å²) in [4.78, 5) is 4.76. The fourth-order valence-corrected chi connectivity index (χ4v) is 6.15. The van der Waals surface area contributed by atoms with E-state index >= 15 is 0 Å². The summed E-state index contributed by atoms with van der Waals surface area (Å²) in [7, 11) is 0. The van der Waals surface area contributed by atoms with Gasteiger partial charge in [0, 0.05) is 10.8 Å². The molecule has 6 rings (SSSR count). The number of rotatable bonds is 5. The average Bonchev–Trinajstić information content (AvgIpc) is 3.46. The largest absolute Gasteiger partial charge is 0.487 e. The Bertz CT molecular complexity index is 1220. The van der Waals surface area contributed by atoms with Crippen LogP contribution in [0.25, 0.3) is 10.9 Å². The number of hydrogen-bond donors (Lipinski definition) is 0. The van der Waals surface area contributed by atoms with E-state index in [0.717, 1.165) is 34.2 Å². The number of fused-ring (bicyclic) bond motifs is 3. The minimum absolute atomic E-state index is 0.130. The van der Waals surface area contributed by atoms with Gasteiger partial charge in [-0.3, -0.25) is 0 Å². The first-order valence-corrected chi connectivity index (χ1v) is 11.4. The number of nitrogens with zero attached hydrogens (tertiary/aromatic N) is 1. The second kappa shape index (κ2) is 7.53. The van der Waals surface area contributed by atoms with Gasteiger partial charge in [-0.2, -0.15) is 0 Å². The van der Waals surface area contributed by atoms with Crippen LogP contribution in [0.3, 0.4) is 0 Å². The summed E-state index contributed by atoms with van der Waals surface area (Å²) in [5, 5.41) is 1.16. The van der Waals surface area contributed by atoms with Crippen LogP contribution in [-0.4, -0.2) is 4.98 Å². The quantitative estimate of drug-likeness (QED) is 0.359. The summed E-state index contributed by atoms with van der Waals surface area (Å²) >= 11 is 0. The normalized spacial score (nSPS) is 24.5. The van der Waals surface area contributed by atoms with Crippen LogP contribution in [0.1, 0.15) is 42.5 Å². The van der Waals surface area contributed by atoms with E-state index in [2.05, 4.69) is 78.9 Å². The SMILES string of the molecule is c1ccc(C2(c3cccc(OCc4ccc5ccccc5n4)c3)CC3CCC2C3)cc1. The molecule has 0 spiro atoms. The van der Waals surface area contributed by atoms with Crippen molar-refractivity contribution in [1.29, 1.82) is 0 Å². The lowest BCUT2D eigenvalue weighted by Crippen LogP contribution is -2.34. The van der Waals surface area contributed by atoms with Gasteiger partial charge in [-0.15, -0.1) is 0 Å². The molecular weight excluding hydrogens is 378 g/mol. The Kier molecular flexibility index (Phi) is 4.52. The molecule has 154 valence electrons. The van der Waals surface area contributed by atoms with Crippen molar-refractivity contribution < 1.29 is 4.74 Å². The van der Waals surface area contributed by atoms with E-state index in [1.165, 1.54) is 36.8 Å². The molecule has 3 atom stereocenters. The minimum atomic E-state index is 0.130. The average molecular weight is 406 g/mol. The number of aromatic nitrogens is 1. The molecule has 1 aromatic heterocycles. The van der Waals surface area contributed by atoms with Crippen LogP contribution in [-0.2, 0) is 12.0 Å². The first-order valence-electron chi connectivity index (χ1n) is 11.4. The lowest BCUT2D eigenvalue weighted by Gasteiger charge is -2.39. The Balaban J connectivity index is 1.30. The maximum Gasteiger partial charge on any atom is 0.130 e. The molecule has 3 aromatic carbocycles. The van der Waals surface area contributed by atoms with Crippen LogP contribution in [0.4, 0.5) is 0 Å². The number of hydrogen-bond acceptors (Lipinski definition) is 2. The lowest BCUT2D eigenvalue weighted by atomic mass is 9.64. The molecule has 4 aromatic rings. The fraction of sp³-hybridized carbons (Fsp3) is 0.276. The van der Waals surface area contributed by atoms with Gasteiger partial charge in [0.15, 0.2) is 0 Å². The molecule has 0 saturated heterocycles. The molecule has 2 heteroatoms. The van der Waals surface area contributed by atoms with Crippen molar-refractivity contribution in [1.82, 2.24) is 4.98 Å². The molecule has 0 radical (unpaired) electrons. The van der Waals surface area contributed by atoms with E-state index in [1.54, 1.807) is 0 Å². The highest BCUT2D eigenvalue weighted by Gasteiger charge is 2.52. The lowest BCUT2D eigenvalue weighted by molar-refractivity contribution is 0.295. The van der Waals surface area contributed by atoms with Gasteiger partial charge in [0.25, 0.3) is 0 Å². The predicted octanol–water partition coefficient (Wildman–Crippen LogP) is 6.92. The highest BCUT2D eigenvalue weighted by Crippen LogP contribution is 2.60. The third-order valence-corrected chi connectivity index (χ3v) is 7.53. The second-order valence-corrected chi connectivity index (χ2v) is 9.23. The smallest absolute Gasteiger partial charge is 0.130 e. The van der Waals surface area contributed by atoms with Crippen LogP contribution < -0.4 is 4.74 Å². The molecule has 0 N–H and O–H groups in total. The molecule has 0 amide bonds. The van der Waals surface area contributed by atoms with E-state index in [-0.39, 0.29) is 5.41 Å². The summed E-state index contributed by atoms with van der Waals surface area (Å²) < 4.78 is 6.24. The van der Waals surface area contributed by atoms with Crippen molar-refractivity contribution in [2.24, 2.45) is 11.8 Å². The fourth-order valence-electron chi connectivity index (χ4n) is 6.15. The Morgan fingerprint density at radius 1 is 0.806 bits per heavy atom. The van der Waals surface area contributed by atoms with Crippen LogP contribution in [0.5, 0.6) is 5.75 Å². The van der Waals surface area contributed by atoms with E-state index in [4.69, 9.17) is 9.72 Å². The van der Waals surface area contributed by atoms with Gasteiger partial charge in [-0.1, -0.05) is 73.2 Å². The molecule has 1 heterocycles. The molecule has 2 nitrogen and oxygen atoms in total. The highest BCUT2D eigenvalue weighted by molar-refractivity contribution is 5.78. The molecule has 2 saturated carbocycles.